The Kier molecular flexibility index (Phi) is 10.5. The molecule has 4 aromatic carbocycles. The minimum absolute atomic E-state index is 0.159. The normalized spacial score (nSPS) is 20.0. The van der Waals surface area contributed by atoms with Crippen LogP contribution in [0.15, 0.2) is 108 Å². The van der Waals surface area contributed by atoms with Crippen molar-refractivity contribution >= 4 is 11.6 Å². The van der Waals surface area contributed by atoms with Crippen molar-refractivity contribution in [1.29, 1.82) is 0 Å². The van der Waals surface area contributed by atoms with Crippen LogP contribution in [-0.2, 0) is 55.1 Å². The maximum Gasteiger partial charge on any atom is 0.0195 e. The number of fused-ring (bicyclic) bond motifs is 6. The van der Waals surface area contributed by atoms with Gasteiger partial charge >= 0.3 is 260 Å². The van der Waals surface area contributed by atoms with E-state index in [0.29, 0.717) is 0 Å². The van der Waals surface area contributed by atoms with Gasteiger partial charge in [-0.2, -0.15) is 0 Å². The van der Waals surface area contributed by atoms with Crippen molar-refractivity contribution in [2.45, 2.75) is 54.8 Å². The third-order valence-corrected chi connectivity index (χ3v) is 15.2. The molecule has 0 amide bonds. The third-order valence-electron chi connectivity index (χ3n) is 8.59. The molecule has 206 valence electrons. The van der Waals surface area contributed by atoms with E-state index < -0.39 is 0 Å². The van der Waals surface area contributed by atoms with Gasteiger partial charge in [-0.25, -0.2) is 0 Å². The molecule has 0 aliphatic heterocycles. The van der Waals surface area contributed by atoms with Gasteiger partial charge in [-0.1, -0.05) is 6.92 Å². The van der Waals surface area contributed by atoms with Gasteiger partial charge < -0.3 is 0 Å². The summed E-state index contributed by atoms with van der Waals surface area (Å²) in [7, 11) is 0. The van der Waals surface area contributed by atoms with Crippen LogP contribution < -0.4 is 0 Å². The number of hydrogen-bond donors (Lipinski definition) is 0. The molecular formula is C38H39ClHf2. The predicted molar refractivity (Wildman–Crippen MR) is 170 cm³/mol. The van der Waals surface area contributed by atoms with Crippen molar-refractivity contribution in [3.63, 3.8) is 0 Å². The summed E-state index contributed by atoms with van der Waals surface area (Å²) in [5.41, 5.74) is 17.6. The van der Waals surface area contributed by atoms with Crippen LogP contribution >= 0.6 is 11.6 Å². The van der Waals surface area contributed by atoms with Crippen molar-refractivity contribution < 1.29 is 48.7 Å². The second-order valence-electron chi connectivity index (χ2n) is 10.8. The fraction of sp³-hybridized carbons (Fsp3) is 0.263. The smallest absolute Gasteiger partial charge is 0.0195 e. The summed E-state index contributed by atoms with van der Waals surface area (Å²) in [5.74, 6) is 0.722. The molecule has 2 aliphatic rings. The van der Waals surface area contributed by atoms with Crippen LogP contribution in [0, 0.1) is 13.8 Å². The number of aryl methyl sites for hydroxylation is 2. The number of hydrogen-bond acceptors (Lipinski definition) is 0. The largest absolute Gasteiger partial charge is 0.127 e. The molecule has 0 aromatic heterocycles. The number of rotatable bonds is 2. The minimum Gasteiger partial charge on any atom is -0.127 e. The van der Waals surface area contributed by atoms with Crippen LogP contribution in [0.3, 0.4) is 0 Å². The summed E-state index contributed by atoms with van der Waals surface area (Å²) in [6, 6.07) is 31.3. The number of benzene rings is 4. The SMILES string of the molecule is CC=C(C)[C]1([Hf])c2ccccc2-c2cccc(C)c21.CC=C(C)[C]1([Hf])c2ccccc2-c2cccc(C)c21.CCCl. The van der Waals surface area contributed by atoms with E-state index in [4.69, 9.17) is 11.6 Å². The molecule has 0 bridgehead atoms. The topological polar surface area (TPSA) is 0 Å². The summed E-state index contributed by atoms with van der Waals surface area (Å²) < 4.78 is 0.317. The molecule has 2 unspecified atom stereocenters. The summed E-state index contributed by atoms with van der Waals surface area (Å²) in [6.45, 7) is 15.3. The van der Waals surface area contributed by atoms with E-state index in [-0.39, 0.29) is 6.34 Å². The first-order valence-corrected chi connectivity index (χ1v) is 18.5. The maximum absolute atomic E-state index is 5.00. The van der Waals surface area contributed by atoms with Crippen LogP contribution in [0.4, 0.5) is 0 Å². The van der Waals surface area contributed by atoms with E-state index in [0.717, 1.165) is 54.6 Å². The third kappa shape index (κ3) is 5.47. The van der Waals surface area contributed by atoms with Crippen molar-refractivity contribution in [3.05, 3.63) is 142 Å². The summed E-state index contributed by atoms with van der Waals surface area (Å²) in [6.07, 6.45) is 4.57. The fourth-order valence-corrected chi connectivity index (χ4v) is 11.4. The van der Waals surface area contributed by atoms with Crippen LogP contribution in [0.25, 0.3) is 22.3 Å². The van der Waals surface area contributed by atoms with Crippen LogP contribution in [0.1, 0.15) is 68.0 Å². The van der Waals surface area contributed by atoms with Crippen LogP contribution in [0.5, 0.6) is 0 Å². The molecule has 0 heterocycles. The molecule has 0 saturated heterocycles. The Morgan fingerprint density at radius 2 is 0.927 bits per heavy atom. The molecular weight excluding hydrogens is 849 g/mol. The molecule has 0 spiro atoms. The zero-order valence-electron chi connectivity index (χ0n) is 25.3. The molecule has 2 aliphatic carbocycles. The van der Waals surface area contributed by atoms with E-state index in [2.05, 4.69) is 139 Å². The van der Waals surface area contributed by atoms with Crippen molar-refractivity contribution in [3.8, 4) is 22.3 Å². The van der Waals surface area contributed by atoms with Gasteiger partial charge in [0.25, 0.3) is 0 Å². The van der Waals surface area contributed by atoms with E-state index in [1.165, 1.54) is 55.7 Å². The van der Waals surface area contributed by atoms with Gasteiger partial charge in [0.15, 0.2) is 0 Å². The maximum atomic E-state index is 5.00. The predicted octanol–water partition coefficient (Wildman–Crippen LogP) is 10.7. The molecule has 0 N–H and O–H groups in total. The molecule has 0 saturated carbocycles. The Labute approximate surface area is 282 Å². The molecule has 0 radical (unpaired) electrons. The van der Waals surface area contributed by atoms with Gasteiger partial charge in [0.2, 0.25) is 0 Å². The second kappa shape index (κ2) is 13.4. The van der Waals surface area contributed by atoms with Gasteiger partial charge in [0.1, 0.15) is 0 Å². The zero-order chi connectivity index (χ0) is 29.9. The van der Waals surface area contributed by atoms with E-state index in [1.54, 1.807) is 11.1 Å². The minimum atomic E-state index is 0.159. The standard InChI is InChI=1S/2C18H17.C2H5Cl.2Hf/c2*1-4-12(2)17-15-10-6-5-9-14(15)16-11-7-8-13(3)18(16)17;1-2-3;;/h2*4-11H,1-3H3;2H2,1H3;;. The van der Waals surface area contributed by atoms with E-state index in [9.17, 15) is 0 Å². The molecule has 2 atom stereocenters. The molecule has 6 rings (SSSR count). The quantitative estimate of drug-likeness (QED) is 0.107. The molecule has 4 aromatic rings. The average molecular weight is 888 g/mol. The summed E-state index contributed by atoms with van der Waals surface area (Å²) in [4.78, 5) is 0. The molecule has 41 heavy (non-hydrogen) atoms. The number of allylic oxidation sites excluding steroid dienone is 4. The summed E-state index contributed by atoms with van der Waals surface area (Å²) in [5, 5.41) is 0. The fourth-order valence-electron chi connectivity index (χ4n) is 6.39. The van der Waals surface area contributed by atoms with Crippen LogP contribution in [0.2, 0.25) is 0 Å². The Bertz CT molecular complexity index is 1510. The monoisotopic (exact) mass is 890 g/mol. The Morgan fingerprint density at radius 1 is 0.610 bits per heavy atom. The Morgan fingerprint density at radius 3 is 1.27 bits per heavy atom. The van der Waals surface area contributed by atoms with Gasteiger partial charge in [-0.15, -0.1) is 11.6 Å². The van der Waals surface area contributed by atoms with Gasteiger partial charge in [-0.3, -0.25) is 0 Å². The Hall–Kier alpha value is -1.61. The van der Waals surface area contributed by atoms with E-state index >= 15 is 0 Å². The average Bonchev–Trinajstić information content (AvgIpc) is 3.42. The first-order valence-electron chi connectivity index (χ1n) is 14.3. The molecule has 0 nitrogen and oxygen atoms in total. The number of alkyl halides is 1. The second-order valence-corrected chi connectivity index (χ2v) is 16.7. The first kappa shape index (κ1) is 32.3. The van der Waals surface area contributed by atoms with Gasteiger partial charge in [-0.05, 0) is 0 Å². The first-order chi connectivity index (χ1) is 19.6. The van der Waals surface area contributed by atoms with Crippen molar-refractivity contribution in [1.82, 2.24) is 0 Å². The Balaban J connectivity index is 0.000000173. The summed E-state index contributed by atoms with van der Waals surface area (Å²) >= 11 is 7.22. The van der Waals surface area contributed by atoms with Crippen LogP contribution in [-0.4, -0.2) is 5.88 Å². The molecule has 0 fully saturated rings. The van der Waals surface area contributed by atoms with Gasteiger partial charge in [0.05, 0.1) is 0 Å². The molecule has 3 heteroatoms. The van der Waals surface area contributed by atoms with Crippen molar-refractivity contribution in [2.75, 3.05) is 5.88 Å². The van der Waals surface area contributed by atoms with Gasteiger partial charge in [0, 0.05) is 5.88 Å². The number of halogens is 1. The van der Waals surface area contributed by atoms with E-state index in [1.807, 2.05) is 6.92 Å². The zero-order valence-corrected chi connectivity index (χ0v) is 33.3. The van der Waals surface area contributed by atoms with Crippen molar-refractivity contribution in [2.24, 2.45) is 0 Å².